The summed E-state index contributed by atoms with van der Waals surface area (Å²) in [5.41, 5.74) is 6.04. The highest BCUT2D eigenvalue weighted by atomic mass is 16.7. The number of hydrogen-bond donors (Lipinski definition) is 1. The monoisotopic (exact) mass is 214 g/mol. The summed E-state index contributed by atoms with van der Waals surface area (Å²) in [6.07, 6.45) is 6.57. The third kappa shape index (κ3) is 3.80. The molecule has 0 aromatic carbocycles. The summed E-state index contributed by atoms with van der Waals surface area (Å²) in [4.78, 5) is 16.4. The molecule has 1 aliphatic rings. The summed E-state index contributed by atoms with van der Waals surface area (Å²) in [5.74, 6) is 0.489. The molecule has 0 heterocycles. The molecule has 1 atom stereocenters. The molecule has 1 aliphatic carbocycles. The number of hydrogen-bond acceptors (Lipinski definition) is 3. The minimum absolute atomic E-state index is 0.00426. The number of hydroxylamine groups is 2. The van der Waals surface area contributed by atoms with Crippen molar-refractivity contribution < 1.29 is 9.63 Å². The fourth-order valence-electron chi connectivity index (χ4n) is 2.16. The average Bonchev–Trinajstić information content (AvgIpc) is 2.29. The highest BCUT2D eigenvalue weighted by molar-refractivity contribution is 5.75. The standard InChI is InChI=1S/C11H22N2O2/c1-13(15-2)11(14)8-10(12)9-6-4-3-5-7-9/h9-10H,3-8,12H2,1-2H3/t10-/m1/s1. The smallest absolute Gasteiger partial charge is 0.247 e. The lowest BCUT2D eigenvalue weighted by Crippen LogP contribution is -2.38. The van der Waals surface area contributed by atoms with Crippen molar-refractivity contribution in [3.63, 3.8) is 0 Å². The second kappa shape index (κ2) is 6.08. The van der Waals surface area contributed by atoms with E-state index in [0.29, 0.717) is 12.3 Å². The Morgan fingerprint density at radius 1 is 1.47 bits per heavy atom. The number of rotatable bonds is 4. The Labute approximate surface area is 91.7 Å². The fourth-order valence-corrected chi connectivity index (χ4v) is 2.16. The van der Waals surface area contributed by atoms with Crippen LogP contribution in [0.1, 0.15) is 38.5 Å². The normalized spacial score (nSPS) is 19.9. The van der Waals surface area contributed by atoms with Crippen molar-refractivity contribution in [3.05, 3.63) is 0 Å². The van der Waals surface area contributed by atoms with Gasteiger partial charge in [-0.25, -0.2) is 5.06 Å². The van der Waals surface area contributed by atoms with E-state index in [9.17, 15) is 4.79 Å². The zero-order valence-electron chi connectivity index (χ0n) is 9.74. The zero-order valence-corrected chi connectivity index (χ0v) is 9.74. The first-order chi connectivity index (χ1) is 7.15. The quantitative estimate of drug-likeness (QED) is 0.718. The van der Waals surface area contributed by atoms with Crippen LogP contribution in [-0.4, -0.2) is 31.2 Å². The van der Waals surface area contributed by atoms with Crippen LogP contribution in [-0.2, 0) is 9.63 Å². The van der Waals surface area contributed by atoms with Gasteiger partial charge in [0.15, 0.2) is 0 Å². The Hall–Kier alpha value is -0.610. The predicted molar refractivity (Wildman–Crippen MR) is 58.9 cm³/mol. The summed E-state index contributed by atoms with van der Waals surface area (Å²) in [6.45, 7) is 0. The second-order valence-corrected chi connectivity index (χ2v) is 4.34. The Morgan fingerprint density at radius 3 is 2.60 bits per heavy atom. The average molecular weight is 214 g/mol. The predicted octanol–water partition coefficient (Wildman–Crippen LogP) is 1.30. The van der Waals surface area contributed by atoms with Gasteiger partial charge < -0.3 is 5.73 Å². The van der Waals surface area contributed by atoms with Crippen LogP contribution in [0.25, 0.3) is 0 Å². The van der Waals surface area contributed by atoms with Crippen LogP contribution in [0.3, 0.4) is 0 Å². The molecule has 0 aromatic heterocycles. The van der Waals surface area contributed by atoms with Crippen LogP contribution < -0.4 is 5.73 Å². The summed E-state index contributed by atoms with van der Waals surface area (Å²) < 4.78 is 0. The number of nitrogens with two attached hydrogens (primary N) is 1. The largest absolute Gasteiger partial charge is 0.327 e. The molecule has 4 nitrogen and oxygen atoms in total. The topological polar surface area (TPSA) is 55.6 Å². The van der Waals surface area contributed by atoms with Gasteiger partial charge in [-0.3, -0.25) is 9.63 Å². The summed E-state index contributed by atoms with van der Waals surface area (Å²) >= 11 is 0. The molecule has 2 N–H and O–H groups in total. The minimum Gasteiger partial charge on any atom is -0.327 e. The SMILES string of the molecule is CON(C)C(=O)C[C@@H](N)C1CCCCC1. The lowest BCUT2D eigenvalue weighted by atomic mass is 9.83. The molecule has 1 rings (SSSR count). The molecule has 88 valence electrons. The molecule has 0 radical (unpaired) electrons. The van der Waals surface area contributed by atoms with Crippen LogP contribution in [0.15, 0.2) is 0 Å². The fraction of sp³-hybridized carbons (Fsp3) is 0.909. The van der Waals surface area contributed by atoms with E-state index in [2.05, 4.69) is 0 Å². The van der Waals surface area contributed by atoms with Gasteiger partial charge in [-0.05, 0) is 18.8 Å². The van der Waals surface area contributed by atoms with Gasteiger partial charge >= 0.3 is 0 Å². The Bertz CT molecular complexity index is 203. The lowest BCUT2D eigenvalue weighted by Gasteiger charge is -2.27. The minimum atomic E-state index is -0.0319. The zero-order chi connectivity index (χ0) is 11.3. The first-order valence-electron chi connectivity index (χ1n) is 5.71. The van der Waals surface area contributed by atoms with E-state index in [0.717, 1.165) is 0 Å². The molecule has 1 fully saturated rings. The second-order valence-electron chi connectivity index (χ2n) is 4.34. The number of carbonyl (C=O) groups is 1. The summed E-state index contributed by atoms with van der Waals surface area (Å²) in [7, 11) is 3.11. The van der Waals surface area contributed by atoms with Crippen molar-refractivity contribution in [1.82, 2.24) is 5.06 Å². The van der Waals surface area contributed by atoms with Crippen molar-refractivity contribution >= 4 is 5.91 Å². The summed E-state index contributed by atoms with van der Waals surface area (Å²) in [6, 6.07) is -0.00426. The molecule has 0 aliphatic heterocycles. The molecular formula is C11H22N2O2. The van der Waals surface area contributed by atoms with Crippen LogP contribution in [0, 0.1) is 5.92 Å². The number of nitrogens with zero attached hydrogens (tertiary/aromatic N) is 1. The van der Waals surface area contributed by atoms with Crippen molar-refractivity contribution in [2.45, 2.75) is 44.6 Å². The van der Waals surface area contributed by atoms with E-state index >= 15 is 0 Å². The van der Waals surface area contributed by atoms with Crippen LogP contribution >= 0.6 is 0 Å². The van der Waals surface area contributed by atoms with Gasteiger partial charge in [0, 0.05) is 19.5 Å². The van der Waals surface area contributed by atoms with Gasteiger partial charge in [0.25, 0.3) is 0 Å². The third-order valence-corrected chi connectivity index (χ3v) is 3.29. The van der Waals surface area contributed by atoms with Crippen LogP contribution in [0.4, 0.5) is 0 Å². The van der Waals surface area contributed by atoms with E-state index in [-0.39, 0.29) is 11.9 Å². The van der Waals surface area contributed by atoms with Crippen molar-refractivity contribution in [2.24, 2.45) is 11.7 Å². The first-order valence-corrected chi connectivity index (χ1v) is 5.71. The molecule has 0 bridgehead atoms. The highest BCUT2D eigenvalue weighted by Crippen LogP contribution is 2.26. The maximum atomic E-state index is 11.5. The Morgan fingerprint density at radius 2 is 2.07 bits per heavy atom. The van der Waals surface area contributed by atoms with Crippen molar-refractivity contribution in [1.29, 1.82) is 0 Å². The van der Waals surface area contributed by atoms with Gasteiger partial charge in [-0.2, -0.15) is 0 Å². The van der Waals surface area contributed by atoms with E-state index in [1.165, 1.54) is 44.3 Å². The van der Waals surface area contributed by atoms with Crippen molar-refractivity contribution in [3.8, 4) is 0 Å². The van der Waals surface area contributed by atoms with E-state index < -0.39 is 0 Å². The lowest BCUT2D eigenvalue weighted by molar-refractivity contribution is -0.169. The van der Waals surface area contributed by atoms with Gasteiger partial charge in [-0.15, -0.1) is 0 Å². The Balaban J connectivity index is 2.33. The molecule has 0 saturated heterocycles. The third-order valence-electron chi connectivity index (χ3n) is 3.29. The van der Waals surface area contributed by atoms with Gasteiger partial charge in [0.1, 0.15) is 0 Å². The maximum absolute atomic E-state index is 11.5. The molecule has 0 spiro atoms. The van der Waals surface area contributed by atoms with Crippen molar-refractivity contribution in [2.75, 3.05) is 14.2 Å². The van der Waals surface area contributed by atoms with Gasteiger partial charge in [0.2, 0.25) is 5.91 Å². The molecule has 1 amide bonds. The molecular weight excluding hydrogens is 192 g/mol. The number of carbonyl (C=O) groups excluding carboxylic acids is 1. The highest BCUT2D eigenvalue weighted by Gasteiger charge is 2.23. The molecule has 15 heavy (non-hydrogen) atoms. The van der Waals surface area contributed by atoms with Gasteiger partial charge in [-0.1, -0.05) is 19.3 Å². The first kappa shape index (κ1) is 12.5. The van der Waals surface area contributed by atoms with Gasteiger partial charge in [0.05, 0.1) is 7.11 Å². The van der Waals surface area contributed by atoms with Crippen LogP contribution in [0.5, 0.6) is 0 Å². The number of amides is 1. The van der Waals surface area contributed by atoms with E-state index in [1.54, 1.807) is 7.05 Å². The molecule has 0 aromatic rings. The maximum Gasteiger partial charge on any atom is 0.247 e. The van der Waals surface area contributed by atoms with Crippen LogP contribution in [0.2, 0.25) is 0 Å². The summed E-state index contributed by atoms with van der Waals surface area (Å²) in [5, 5.41) is 1.25. The molecule has 0 unspecified atom stereocenters. The van der Waals surface area contributed by atoms with E-state index in [1.807, 2.05) is 0 Å². The van der Waals surface area contributed by atoms with E-state index in [4.69, 9.17) is 10.6 Å². The molecule has 4 heteroatoms. The Kier molecular flexibility index (Phi) is 5.05. The molecule has 1 saturated carbocycles.